The predicted octanol–water partition coefficient (Wildman–Crippen LogP) is 2.98. The molecule has 0 radical (unpaired) electrons. The number of hydrogen-bond donors (Lipinski definition) is 1. The second-order valence-corrected chi connectivity index (χ2v) is 4.81. The first-order valence-corrected chi connectivity index (χ1v) is 6.48. The Balaban J connectivity index is 2.59. The Morgan fingerprint density at radius 2 is 1.82 bits per heavy atom. The van der Waals surface area contributed by atoms with Gasteiger partial charge in [-0.3, -0.25) is 0 Å². The molecule has 1 rings (SSSR count). The summed E-state index contributed by atoms with van der Waals surface area (Å²) in [4.78, 5) is 0. The molecule has 96 valence electrons. The number of likely N-dealkylation sites (N-methyl/N-ethyl adjacent to an activating group) is 1. The fourth-order valence-corrected chi connectivity index (χ4v) is 2.00. The summed E-state index contributed by atoms with van der Waals surface area (Å²) in [6.45, 7) is 8.32. The van der Waals surface area contributed by atoms with Gasteiger partial charge in [0.15, 0.2) is 0 Å². The van der Waals surface area contributed by atoms with Crippen molar-refractivity contribution in [2.45, 2.75) is 39.2 Å². The molecular formula is C15H25NO. The highest BCUT2D eigenvalue weighted by molar-refractivity contribution is 5.25. The number of methoxy groups -OCH3 is 1. The first kappa shape index (κ1) is 14.2. The zero-order chi connectivity index (χ0) is 12.7. The lowest BCUT2D eigenvalue weighted by Crippen LogP contribution is -2.34. The van der Waals surface area contributed by atoms with Crippen LogP contribution in [0.4, 0.5) is 0 Å². The van der Waals surface area contributed by atoms with E-state index in [1.54, 1.807) is 7.11 Å². The molecule has 0 saturated carbocycles. The molecule has 0 saturated heterocycles. The van der Waals surface area contributed by atoms with Gasteiger partial charge in [-0.2, -0.15) is 0 Å². The van der Waals surface area contributed by atoms with Gasteiger partial charge in [-0.25, -0.2) is 0 Å². The lowest BCUT2D eigenvalue weighted by molar-refractivity contribution is 0.167. The lowest BCUT2D eigenvalue weighted by Gasteiger charge is -2.17. The van der Waals surface area contributed by atoms with E-state index in [2.05, 4.69) is 50.4 Å². The fourth-order valence-electron chi connectivity index (χ4n) is 2.00. The molecule has 0 heterocycles. The van der Waals surface area contributed by atoms with Gasteiger partial charge in [0, 0.05) is 13.2 Å². The van der Waals surface area contributed by atoms with Gasteiger partial charge in [0.1, 0.15) is 0 Å². The zero-order valence-electron chi connectivity index (χ0n) is 11.5. The van der Waals surface area contributed by atoms with Crippen LogP contribution >= 0.6 is 0 Å². The van der Waals surface area contributed by atoms with Crippen LogP contribution in [-0.4, -0.2) is 26.3 Å². The van der Waals surface area contributed by atoms with Crippen molar-refractivity contribution in [3.8, 4) is 0 Å². The average molecular weight is 235 g/mol. The summed E-state index contributed by atoms with van der Waals surface area (Å²) >= 11 is 0. The summed E-state index contributed by atoms with van der Waals surface area (Å²) in [5, 5.41) is 3.44. The number of ether oxygens (including phenoxy) is 1. The minimum absolute atomic E-state index is 0.412. The normalized spacial score (nSPS) is 13.0. The second-order valence-electron chi connectivity index (χ2n) is 4.81. The molecule has 17 heavy (non-hydrogen) atoms. The molecular weight excluding hydrogens is 210 g/mol. The predicted molar refractivity (Wildman–Crippen MR) is 73.6 cm³/mol. The summed E-state index contributed by atoms with van der Waals surface area (Å²) in [6, 6.07) is 9.34. The second kappa shape index (κ2) is 7.46. The molecule has 0 aliphatic rings. The van der Waals surface area contributed by atoms with E-state index in [9.17, 15) is 0 Å². The van der Waals surface area contributed by atoms with E-state index in [4.69, 9.17) is 4.74 Å². The van der Waals surface area contributed by atoms with E-state index in [-0.39, 0.29) is 0 Å². The monoisotopic (exact) mass is 235 g/mol. The minimum Gasteiger partial charge on any atom is -0.383 e. The van der Waals surface area contributed by atoms with Gasteiger partial charge >= 0.3 is 0 Å². The summed E-state index contributed by atoms with van der Waals surface area (Å²) in [5.41, 5.74) is 2.78. The number of hydrogen-bond acceptors (Lipinski definition) is 2. The van der Waals surface area contributed by atoms with Gasteiger partial charge in [-0.1, -0.05) is 45.0 Å². The molecule has 1 aromatic rings. The molecule has 1 atom stereocenters. The average Bonchev–Trinajstić information content (AvgIpc) is 2.30. The van der Waals surface area contributed by atoms with E-state index in [1.807, 2.05) is 0 Å². The van der Waals surface area contributed by atoms with Crippen LogP contribution in [0.2, 0.25) is 0 Å². The van der Waals surface area contributed by atoms with Crippen LogP contribution in [0.5, 0.6) is 0 Å². The quantitative estimate of drug-likeness (QED) is 0.784. The highest BCUT2D eigenvalue weighted by Crippen LogP contribution is 2.15. The molecule has 0 bridgehead atoms. The topological polar surface area (TPSA) is 21.3 Å². The van der Waals surface area contributed by atoms with Crippen LogP contribution in [0.1, 0.15) is 37.8 Å². The first-order chi connectivity index (χ1) is 8.17. The first-order valence-electron chi connectivity index (χ1n) is 6.48. The minimum atomic E-state index is 0.412. The SMILES string of the molecule is CCNC(COC)Cc1ccc(C(C)C)cc1. The summed E-state index contributed by atoms with van der Waals surface area (Å²) < 4.78 is 5.23. The van der Waals surface area contributed by atoms with E-state index in [0.29, 0.717) is 12.0 Å². The molecule has 2 heteroatoms. The third-order valence-corrected chi connectivity index (χ3v) is 2.99. The Bertz CT molecular complexity index is 299. The molecule has 1 unspecified atom stereocenters. The van der Waals surface area contributed by atoms with Crippen LogP contribution in [0, 0.1) is 0 Å². The van der Waals surface area contributed by atoms with Crippen LogP contribution < -0.4 is 5.32 Å². The standard InChI is InChI=1S/C15H25NO/c1-5-16-15(11-17-4)10-13-6-8-14(9-7-13)12(2)3/h6-9,12,15-16H,5,10-11H2,1-4H3. The van der Waals surface area contributed by atoms with E-state index in [0.717, 1.165) is 19.6 Å². The maximum absolute atomic E-state index is 5.23. The Kier molecular flexibility index (Phi) is 6.23. The molecule has 0 aliphatic heterocycles. The van der Waals surface area contributed by atoms with Gasteiger partial charge in [-0.15, -0.1) is 0 Å². The van der Waals surface area contributed by atoms with E-state index >= 15 is 0 Å². The van der Waals surface area contributed by atoms with Crippen molar-refractivity contribution in [2.75, 3.05) is 20.3 Å². The lowest BCUT2D eigenvalue weighted by atomic mass is 9.99. The molecule has 2 nitrogen and oxygen atoms in total. The van der Waals surface area contributed by atoms with Crippen molar-refractivity contribution in [3.05, 3.63) is 35.4 Å². The third-order valence-electron chi connectivity index (χ3n) is 2.99. The molecule has 1 N–H and O–H groups in total. The molecule has 0 spiro atoms. The summed E-state index contributed by atoms with van der Waals surface area (Å²) in [7, 11) is 1.76. The van der Waals surface area contributed by atoms with Gasteiger partial charge in [0.05, 0.1) is 6.61 Å². The summed E-state index contributed by atoms with van der Waals surface area (Å²) in [6.07, 6.45) is 1.03. The zero-order valence-corrected chi connectivity index (χ0v) is 11.5. The number of rotatable bonds is 7. The maximum Gasteiger partial charge on any atom is 0.0619 e. The highest BCUT2D eigenvalue weighted by Gasteiger charge is 2.08. The van der Waals surface area contributed by atoms with Crippen LogP contribution in [0.3, 0.4) is 0 Å². The van der Waals surface area contributed by atoms with Gasteiger partial charge in [-0.05, 0) is 30.0 Å². The van der Waals surface area contributed by atoms with E-state index in [1.165, 1.54) is 11.1 Å². The molecule has 0 aliphatic carbocycles. The molecule has 0 amide bonds. The van der Waals surface area contributed by atoms with Gasteiger partial charge in [0.25, 0.3) is 0 Å². The van der Waals surface area contributed by atoms with Crippen molar-refractivity contribution in [2.24, 2.45) is 0 Å². The smallest absolute Gasteiger partial charge is 0.0619 e. The van der Waals surface area contributed by atoms with Gasteiger partial charge in [0.2, 0.25) is 0 Å². The van der Waals surface area contributed by atoms with Crippen molar-refractivity contribution in [1.82, 2.24) is 5.32 Å². The number of benzene rings is 1. The summed E-state index contributed by atoms with van der Waals surface area (Å²) in [5.74, 6) is 0.604. The third kappa shape index (κ3) is 4.88. The van der Waals surface area contributed by atoms with Gasteiger partial charge < -0.3 is 10.1 Å². The Morgan fingerprint density at radius 3 is 2.29 bits per heavy atom. The van der Waals surface area contributed by atoms with Crippen molar-refractivity contribution < 1.29 is 4.74 Å². The Morgan fingerprint density at radius 1 is 1.18 bits per heavy atom. The van der Waals surface area contributed by atoms with Crippen LogP contribution in [-0.2, 0) is 11.2 Å². The van der Waals surface area contributed by atoms with Crippen molar-refractivity contribution in [3.63, 3.8) is 0 Å². The molecule has 1 aromatic carbocycles. The largest absolute Gasteiger partial charge is 0.383 e. The Hall–Kier alpha value is -0.860. The van der Waals surface area contributed by atoms with Crippen LogP contribution in [0.15, 0.2) is 24.3 Å². The van der Waals surface area contributed by atoms with E-state index < -0.39 is 0 Å². The Labute approximate surface area is 105 Å². The molecule has 0 fully saturated rings. The van der Waals surface area contributed by atoms with Crippen molar-refractivity contribution >= 4 is 0 Å². The van der Waals surface area contributed by atoms with Crippen LogP contribution in [0.25, 0.3) is 0 Å². The molecule has 0 aromatic heterocycles. The number of nitrogens with one attached hydrogen (secondary N) is 1. The maximum atomic E-state index is 5.23. The fraction of sp³-hybridized carbons (Fsp3) is 0.600. The van der Waals surface area contributed by atoms with Crippen molar-refractivity contribution in [1.29, 1.82) is 0 Å². The highest BCUT2D eigenvalue weighted by atomic mass is 16.5.